The molecule has 0 aromatic carbocycles. The molecule has 6 nitrogen and oxygen atoms in total. The Bertz CT molecular complexity index is 538. The van der Waals surface area contributed by atoms with Gasteiger partial charge in [-0.2, -0.15) is 0 Å². The van der Waals surface area contributed by atoms with Crippen LogP contribution in [0.25, 0.3) is 0 Å². The summed E-state index contributed by atoms with van der Waals surface area (Å²) in [5.74, 6) is -0.0623. The Morgan fingerprint density at radius 2 is 2.12 bits per heavy atom. The number of amides is 1. The normalized spacial score (nSPS) is 9.94. The van der Waals surface area contributed by atoms with Crippen molar-refractivity contribution in [3.8, 4) is 0 Å². The second-order valence-corrected chi connectivity index (χ2v) is 3.42. The van der Waals surface area contributed by atoms with Gasteiger partial charge in [-0.05, 0) is 19.1 Å². The summed E-state index contributed by atoms with van der Waals surface area (Å²) in [6.07, 6.45) is 4.33. The highest BCUT2D eigenvalue weighted by atomic mass is 16.1. The first-order valence-electron chi connectivity index (χ1n) is 4.97. The van der Waals surface area contributed by atoms with E-state index in [9.17, 15) is 4.79 Å². The first-order chi connectivity index (χ1) is 8.16. The van der Waals surface area contributed by atoms with Gasteiger partial charge in [0.2, 0.25) is 0 Å². The number of nitrogens with one attached hydrogen (secondary N) is 1. The summed E-state index contributed by atoms with van der Waals surface area (Å²) in [6.45, 7) is 1.81. The average molecular weight is 229 g/mol. The molecule has 0 saturated carbocycles. The third kappa shape index (κ3) is 2.54. The monoisotopic (exact) mass is 229 g/mol. The predicted molar refractivity (Wildman–Crippen MR) is 63.4 cm³/mol. The molecule has 0 unspecified atom stereocenters. The van der Waals surface area contributed by atoms with Gasteiger partial charge in [0, 0.05) is 6.20 Å². The highest BCUT2D eigenvalue weighted by Crippen LogP contribution is 2.11. The molecule has 2 rings (SSSR count). The first kappa shape index (κ1) is 11.0. The predicted octanol–water partition coefficient (Wildman–Crippen LogP) is 1.01. The SMILES string of the molecule is Cc1ncccc1NC(=O)c1cnc(N)cn1. The van der Waals surface area contributed by atoms with E-state index in [4.69, 9.17) is 5.73 Å². The third-order valence-corrected chi connectivity index (χ3v) is 2.16. The number of aromatic nitrogens is 3. The Morgan fingerprint density at radius 1 is 1.29 bits per heavy atom. The van der Waals surface area contributed by atoms with E-state index in [1.807, 2.05) is 6.92 Å². The van der Waals surface area contributed by atoms with Gasteiger partial charge >= 0.3 is 0 Å². The maximum Gasteiger partial charge on any atom is 0.275 e. The van der Waals surface area contributed by atoms with Crippen LogP contribution in [0.1, 0.15) is 16.2 Å². The molecule has 2 heterocycles. The molecule has 0 radical (unpaired) electrons. The second-order valence-electron chi connectivity index (χ2n) is 3.42. The molecule has 0 fully saturated rings. The van der Waals surface area contributed by atoms with Gasteiger partial charge in [-0.1, -0.05) is 0 Å². The van der Waals surface area contributed by atoms with Crippen molar-refractivity contribution in [3.05, 3.63) is 42.1 Å². The zero-order valence-electron chi connectivity index (χ0n) is 9.21. The van der Waals surface area contributed by atoms with Gasteiger partial charge < -0.3 is 11.1 Å². The topological polar surface area (TPSA) is 93.8 Å². The molecule has 0 aliphatic carbocycles. The largest absolute Gasteiger partial charge is 0.382 e. The van der Waals surface area contributed by atoms with Crippen molar-refractivity contribution in [1.82, 2.24) is 15.0 Å². The maximum atomic E-state index is 11.8. The summed E-state index contributed by atoms with van der Waals surface area (Å²) in [7, 11) is 0. The third-order valence-electron chi connectivity index (χ3n) is 2.16. The number of rotatable bonds is 2. The lowest BCUT2D eigenvalue weighted by Gasteiger charge is -2.06. The van der Waals surface area contributed by atoms with Crippen molar-refractivity contribution >= 4 is 17.4 Å². The number of nitrogen functional groups attached to an aromatic ring is 1. The summed E-state index contributed by atoms with van der Waals surface area (Å²) < 4.78 is 0. The van der Waals surface area contributed by atoms with E-state index in [2.05, 4.69) is 20.3 Å². The molecule has 0 bridgehead atoms. The van der Waals surface area contributed by atoms with Crippen molar-refractivity contribution in [1.29, 1.82) is 0 Å². The number of anilines is 2. The van der Waals surface area contributed by atoms with Gasteiger partial charge in [-0.3, -0.25) is 9.78 Å². The maximum absolute atomic E-state index is 11.8. The van der Waals surface area contributed by atoms with Gasteiger partial charge in [0.1, 0.15) is 11.5 Å². The Morgan fingerprint density at radius 3 is 2.76 bits per heavy atom. The summed E-state index contributed by atoms with van der Waals surface area (Å²) in [5, 5.41) is 2.70. The standard InChI is InChI=1S/C11H11N5O/c1-7-8(3-2-4-13-7)16-11(17)9-5-15-10(12)6-14-9/h2-6H,1H3,(H2,12,15)(H,16,17). The Hall–Kier alpha value is -2.50. The number of nitrogens with two attached hydrogens (primary N) is 1. The Kier molecular flexibility index (Phi) is 2.95. The minimum Gasteiger partial charge on any atom is -0.382 e. The van der Waals surface area contributed by atoms with Crippen LogP contribution in [0.3, 0.4) is 0 Å². The molecule has 6 heteroatoms. The molecule has 86 valence electrons. The van der Waals surface area contributed by atoms with E-state index in [1.165, 1.54) is 12.4 Å². The number of hydrogen-bond acceptors (Lipinski definition) is 5. The number of nitrogens with zero attached hydrogens (tertiary/aromatic N) is 3. The molecule has 1 amide bonds. The zero-order chi connectivity index (χ0) is 12.3. The van der Waals surface area contributed by atoms with E-state index >= 15 is 0 Å². The molecule has 0 spiro atoms. The van der Waals surface area contributed by atoms with E-state index in [1.54, 1.807) is 18.3 Å². The van der Waals surface area contributed by atoms with Crippen LogP contribution in [0.15, 0.2) is 30.7 Å². The number of pyridine rings is 1. The molecule has 3 N–H and O–H groups in total. The van der Waals surface area contributed by atoms with Gasteiger partial charge in [0.15, 0.2) is 0 Å². The quantitative estimate of drug-likeness (QED) is 0.801. The summed E-state index contributed by atoms with van der Waals surface area (Å²) in [6, 6.07) is 3.52. The van der Waals surface area contributed by atoms with Gasteiger partial charge in [-0.15, -0.1) is 0 Å². The van der Waals surface area contributed by atoms with Crippen LogP contribution in [0.5, 0.6) is 0 Å². The lowest BCUT2D eigenvalue weighted by molar-refractivity contribution is 0.102. The van der Waals surface area contributed by atoms with E-state index in [0.29, 0.717) is 5.69 Å². The molecule has 17 heavy (non-hydrogen) atoms. The van der Waals surface area contributed by atoms with Crippen molar-refractivity contribution in [2.45, 2.75) is 6.92 Å². The molecule has 0 aliphatic rings. The lowest BCUT2D eigenvalue weighted by atomic mass is 10.3. The highest BCUT2D eigenvalue weighted by Gasteiger charge is 2.09. The molecule has 0 saturated heterocycles. The van der Waals surface area contributed by atoms with Crippen molar-refractivity contribution in [3.63, 3.8) is 0 Å². The minimum absolute atomic E-state index is 0.211. The average Bonchev–Trinajstić information content (AvgIpc) is 2.33. The van der Waals surface area contributed by atoms with Gasteiger partial charge in [0.25, 0.3) is 5.91 Å². The summed E-state index contributed by atoms with van der Waals surface area (Å²) in [4.78, 5) is 23.6. The van der Waals surface area contributed by atoms with Crippen LogP contribution in [0.4, 0.5) is 11.5 Å². The molecule has 2 aromatic rings. The van der Waals surface area contributed by atoms with Crippen molar-refractivity contribution < 1.29 is 4.79 Å². The smallest absolute Gasteiger partial charge is 0.275 e. The fraction of sp³-hybridized carbons (Fsp3) is 0.0909. The van der Waals surface area contributed by atoms with Crippen molar-refractivity contribution in [2.75, 3.05) is 11.1 Å². The summed E-state index contributed by atoms with van der Waals surface area (Å²) >= 11 is 0. The Labute approximate surface area is 97.9 Å². The number of hydrogen-bond donors (Lipinski definition) is 2. The van der Waals surface area contributed by atoms with E-state index < -0.39 is 0 Å². The molecular weight excluding hydrogens is 218 g/mol. The molecule has 2 aromatic heterocycles. The fourth-order valence-corrected chi connectivity index (χ4v) is 1.26. The van der Waals surface area contributed by atoms with Gasteiger partial charge in [-0.25, -0.2) is 9.97 Å². The zero-order valence-corrected chi connectivity index (χ0v) is 9.21. The number of aryl methyl sites for hydroxylation is 1. The van der Waals surface area contributed by atoms with Crippen LogP contribution in [-0.4, -0.2) is 20.9 Å². The first-order valence-corrected chi connectivity index (χ1v) is 4.97. The number of carbonyl (C=O) groups excluding carboxylic acids is 1. The van der Waals surface area contributed by atoms with E-state index in [-0.39, 0.29) is 17.4 Å². The van der Waals surface area contributed by atoms with Crippen LogP contribution >= 0.6 is 0 Å². The number of carbonyl (C=O) groups is 1. The minimum atomic E-state index is -0.339. The molecule has 0 atom stereocenters. The van der Waals surface area contributed by atoms with E-state index in [0.717, 1.165) is 5.69 Å². The Balaban J connectivity index is 2.17. The second kappa shape index (κ2) is 4.56. The van der Waals surface area contributed by atoms with Crippen molar-refractivity contribution in [2.24, 2.45) is 0 Å². The van der Waals surface area contributed by atoms with Crippen LogP contribution < -0.4 is 11.1 Å². The molecular formula is C11H11N5O. The molecule has 0 aliphatic heterocycles. The van der Waals surface area contributed by atoms with Crippen LogP contribution in [0, 0.1) is 6.92 Å². The van der Waals surface area contributed by atoms with Crippen LogP contribution in [0.2, 0.25) is 0 Å². The van der Waals surface area contributed by atoms with Gasteiger partial charge in [0.05, 0.1) is 23.8 Å². The summed E-state index contributed by atoms with van der Waals surface area (Å²) in [5.41, 5.74) is 6.99. The van der Waals surface area contributed by atoms with Crippen LogP contribution in [-0.2, 0) is 0 Å². The highest BCUT2D eigenvalue weighted by molar-refractivity contribution is 6.02. The lowest BCUT2D eigenvalue weighted by Crippen LogP contribution is -2.15. The fourth-order valence-electron chi connectivity index (χ4n) is 1.26.